The second-order valence-electron chi connectivity index (χ2n) is 3.08. The van der Waals surface area contributed by atoms with E-state index in [1.165, 1.54) is 21.1 Å². The maximum atomic E-state index is 10.2. The normalized spacial score (nSPS) is 7.00. The number of hydrogen-bond acceptors (Lipinski definition) is 6. The molecule has 0 rings (SSSR count). The molecule has 0 fully saturated rings. The van der Waals surface area contributed by atoms with Crippen LogP contribution in [0.4, 0.5) is 0 Å². The summed E-state index contributed by atoms with van der Waals surface area (Å²) in [7, 11) is 2.64. The van der Waals surface area contributed by atoms with Gasteiger partial charge in [-0.1, -0.05) is 19.7 Å². The van der Waals surface area contributed by atoms with Gasteiger partial charge >= 0.3 is 17.9 Å². The minimum Gasteiger partial charge on any atom is -0.478 e. The van der Waals surface area contributed by atoms with E-state index in [2.05, 4.69) is 29.2 Å². The van der Waals surface area contributed by atoms with E-state index in [1.807, 2.05) is 0 Å². The molecule has 0 aliphatic heterocycles. The highest BCUT2D eigenvalue weighted by atomic mass is 16.5. The predicted molar refractivity (Wildman–Crippen MR) is 76.5 cm³/mol. The van der Waals surface area contributed by atoms with Gasteiger partial charge in [-0.05, 0) is 13.8 Å². The summed E-state index contributed by atoms with van der Waals surface area (Å²) in [5, 5.41) is 7.89. The molecule has 0 aromatic heterocycles. The molecule has 20 heavy (non-hydrogen) atoms. The third-order valence-corrected chi connectivity index (χ3v) is 1.27. The van der Waals surface area contributed by atoms with Gasteiger partial charge in [0.15, 0.2) is 0 Å². The minimum atomic E-state index is -0.935. The summed E-state index contributed by atoms with van der Waals surface area (Å²) < 4.78 is 8.42. The molecule has 0 aromatic rings. The lowest BCUT2D eigenvalue weighted by atomic mass is 10.4. The molecule has 0 saturated carbocycles. The summed E-state index contributed by atoms with van der Waals surface area (Å²) in [5.41, 5.74) is 0.609. The molecule has 0 radical (unpaired) electrons. The number of ether oxygens (including phenoxy) is 2. The van der Waals surface area contributed by atoms with Gasteiger partial charge in [-0.3, -0.25) is 0 Å². The van der Waals surface area contributed by atoms with E-state index in [-0.39, 0.29) is 17.7 Å². The third-order valence-electron chi connectivity index (χ3n) is 1.27. The van der Waals surface area contributed by atoms with Gasteiger partial charge in [-0.25, -0.2) is 14.4 Å². The van der Waals surface area contributed by atoms with Crippen LogP contribution in [0.25, 0.3) is 0 Å². The first kappa shape index (κ1) is 26.2. The Morgan fingerprint density at radius 3 is 1.35 bits per heavy atom. The standard InChI is InChI=1S/C5H8O2.2C4H6O2.H3N/c1-4(2)5(6)7-3;1-3-4(5)6-2;1-3(2)4(5)6;/h1H2,2-3H3;3H,1H2,2H3;1H2,2H3,(H,5,6);1H3. The van der Waals surface area contributed by atoms with Gasteiger partial charge in [0.2, 0.25) is 0 Å². The third kappa shape index (κ3) is 24.7. The van der Waals surface area contributed by atoms with Crippen LogP contribution in [0.15, 0.2) is 37.0 Å². The highest BCUT2D eigenvalue weighted by Crippen LogP contribution is 1.87. The van der Waals surface area contributed by atoms with Crippen molar-refractivity contribution >= 4 is 17.9 Å². The molecule has 0 unspecified atom stereocenters. The number of carbonyl (C=O) groups excluding carboxylic acids is 2. The Hall–Kier alpha value is -2.41. The molecule has 0 amide bonds. The van der Waals surface area contributed by atoms with Crippen LogP contribution in [-0.4, -0.2) is 37.2 Å². The summed E-state index contributed by atoms with van der Waals surface area (Å²) >= 11 is 0. The van der Waals surface area contributed by atoms with E-state index in [0.29, 0.717) is 5.57 Å². The van der Waals surface area contributed by atoms with E-state index in [0.717, 1.165) is 6.08 Å². The first-order valence-corrected chi connectivity index (χ1v) is 4.96. The van der Waals surface area contributed by atoms with Crippen molar-refractivity contribution < 1.29 is 29.0 Å². The molecule has 0 atom stereocenters. The molecular formula is C13H23NO6. The molecule has 7 heteroatoms. The Bertz CT molecular complexity index is 345. The van der Waals surface area contributed by atoms with Gasteiger partial charge in [-0.2, -0.15) is 0 Å². The number of carbonyl (C=O) groups is 3. The zero-order valence-corrected chi connectivity index (χ0v) is 12.4. The lowest BCUT2D eigenvalue weighted by molar-refractivity contribution is -0.136. The Balaban J connectivity index is -0.0000000941. The maximum Gasteiger partial charge on any atom is 0.332 e. The summed E-state index contributed by atoms with van der Waals surface area (Å²) in [6, 6.07) is 0. The van der Waals surface area contributed by atoms with Crippen molar-refractivity contribution in [2.24, 2.45) is 0 Å². The Morgan fingerprint density at radius 1 is 1.00 bits per heavy atom. The largest absolute Gasteiger partial charge is 0.478 e. The van der Waals surface area contributed by atoms with Crippen LogP contribution < -0.4 is 6.15 Å². The number of methoxy groups -OCH3 is 2. The van der Waals surface area contributed by atoms with Crippen LogP contribution in [0.5, 0.6) is 0 Å². The number of rotatable bonds is 3. The summed E-state index contributed by atoms with van der Waals surface area (Å²) in [6.07, 6.45) is 1.11. The predicted octanol–water partition coefficient (Wildman–Crippen LogP) is 1.89. The second kappa shape index (κ2) is 16.6. The van der Waals surface area contributed by atoms with Crippen LogP contribution in [0.2, 0.25) is 0 Å². The fraction of sp³-hybridized carbons (Fsp3) is 0.308. The zero-order valence-electron chi connectivity index (χ0n) is 12.4. The fourth-order valence-corrected chi connectivity index (χ4v) is 0.258. The molecule has 4 N–H and O–H groups in total. The fourth-order valence-electron chi connectivity index (χ4n) is 0.258. The van der Waals surface area contributed by atoms with Gasteiger partial charge in [0, 0.05) is 17.2 Å². The van der Waals surface area contributed by atoms with Crippen molar-refractivity contribution in [1.29, 1.82) is 0 Å². The van der Waals surface area contributed by atoms with Crippen molar-refractivity contribution in [3.05, 3.63) is 37.0 Å². The molecule has 0 aliphatic carbocycles. The van der Waals surface area contributed by atoms with Gasteiger partial charge in [0.05, 0.1) is 14.2 Å². The van der Waals surface area contributed by atoms with Gasteiger partial charge in [0.1, 0.15) is 0 Å². The summed E-state index contributed by atoms with van der Waals surface area (Å²) in [6.45, 7) is 12.7. The quantitative estimate of drug-likeness (QED) is 0.600. The van der Waals surface area contributed by atoms with E-state index < -0.39 is 11.9 Å². The van der Waals surface area contributed by atoms with E-state index in [1.54, 1.807) is 6.92 Å². The minimum absolute atomic E-state index is 0. The molecule has 0 bridgehead atoms. The Kier molecular flexibility index (Phi) is 21.7. The number of hydrogen-bond donors (Lipinski definition) is 2. The number of esters is 2. The van der Waals surface area contributed by atoms with Crippen molar-refractivity contribution in [1.82, 2.24) is 6.15 Å². The highest BCUT2D eigenvalue weighted by molar-refractivity contribution is 5.86. The van der Waals surface area contributed by atoms with Gasteiger partial charge < -0.3 is 20.7 Å². The molecule has 0 spiro atoms. The van der Waals surface area contributed by atoms with Crippen LogP contribution in [0.3, 0.4) is 0 Å². The smallest absolute Gasteiger partial charge is 0.332 e. The topological polar surface area (TPSA) is 125 Å². The number of aliphatic carboxylic acids is 1. The molecule has 0 heterocycles. The number of carboxylic acids is 1. The highest BCUT2D eigenvalue weighted by Gasteiger charge is 1.95. The Morgan fingerprint density at radius 2 is 1.35 bits per heavy atom. The van der Waals surface area contributed by atoms with E-state index in [9.17, 15) is 14.4 Å². The van der Waals surface area contributed by atoms with Crippen molar-refractivity contribution in [2.45, 2.75) is 13.8 Å². The molecular weight excluding hydrogens is 266 g/mol. The lowest BCUT2D eigenvalue weighted by Crippen LogP contribution is -1.98. The monoisotopic (exact) mass is 289 g/mol. The van der Waals surface area contributed by atoms with E-state index >= 15 is 0 Å². The van der Waals surface area contributed by atoms with E-state index in [4.69, 9.17) is 5.11 Å². The first-order chi connectivity index (χ1) is 8.63. The second-order valence-corrected chi connectivity index (χ2v) is 3.08. The van der Waals surface area contributed by atoms with Crippen molar-refractivity contribution in [3.8, 4) is 0 Å². The van der Waals surface area contributed by atoms with Crippen molar-refractivity contribution in [2.75, 3.05) is 14.2 Å². The van der Waals surface area contributed by atoms with Crippen molar-refractivity contribution in [3.63, 3.8) is 0 Å². The first-order valence-electron chi connectivity index (χ1n) is 4.96. The average Bonchev–Trinajstić information content (AvgIpc) is 2.37. The Labute approximate surface area is 119 Å². The average molecular weight is 289 g/mol. The number of carboxylic acid groups (broad SMARTS) is 1. The summed E-state index contributed by atoms with van der Waals surface area (Å²) in [4.78, 5) is 29.6. The summed E-state index contributed by atoms with van der Waals surface area (Å²) in [5.74, 6) is -1.68. The molecule has 7 nitrogen and oxygen atoms in total. The molecule has 0 aromatic carbocycles. The van der Waals surface area contributed by atoms with Crippen LogP contribution in [-0.2, 0) is 23.9 Å². The van der Waals surface area contributed by atoms with Crippen LogP contribution in [0, 0.1) is 0 Å². The zero-order chi connectivity index (χ0) is 16.0. The maximum absolute atomic E-state index is 10.2. The lowest BCUT2D eigenvalue weighted by Gasteiger charge is -1.91. The molecule has 0 saturated heterocycles. The molecule has 116 valence electrons. The van der Waals surface area contributed by atoms with Gasteiger partial charge in [0.25, 0.3) is 0 Å². The SMILES string of the molecule is C=C(C)C(=O)O.C=C(C)C(=O)OC.C=CC(=O)OC.N. The molecule has 0 aliphatic rings. The van der Waals surface area contributed by atoms with Gasteiger partial charge in [-0.15, -0.1) is 0 Å². The van der Waals surface area contributed by atoms with Crippen LogP contribution in [0.1, 0.15) is 13.8 Å². The van der Waals surface area contributed by atoms with Crippen LogP contribution >= 0.6 is 0 Å².